The molecule has 0 aliphatic rings. The summed E-state index contributed by atoms with van der Waals surface area (Å²) in [5.41, 5.74) is 3.20. The molecule has 0 aliphatic heterocycles. The van der Waals surface area contributed by atoms with Gasteiger partial charge >= 0.3 is 0 Å². The summed E-state index contributed by atoms with van der Waals surface area (Å²) in [4.78, 5) is 12.0. The van der Waals surface area contributed by atoms with Gasteiger partial charge in [-0.15, -0.1) is 0 Å². The first-order valence-corrected chi connectivity index (χ1v) is 5.77. The quantitative estimate of drug-likeness (QED) is 0.868. The number of carbonyl (C=O) groups excluding carboxylic acids is 1. The minimum absolute atomic E-state index is 0.0335. The highest BCUT2D eigenvalue weighted by molar-refractivity contribution is 6.04. The second kappa shape index (κ2) is 5.47. The van der Waals surface area contributed by atoms with Gasteiger partial charge in [0, 0.05) is 11.3 Å². The smallest absolute Gasteiger partial charge is 0.255 e. The summed E-state index contributed by atoms with van der Waals surface area (Å²) >= 11 is 0. The van der Waals surface area contributed by atoms with Crippen LogP contribution >= 0.6 is 0 Å². The fourth-order valence-electron chi connectivity index (χ4n) is 1.66. The Labute approximate surface area is 106 Å². The third-order valence-corrected chi connectivity index (χ3v) is 2.68. The zero-order valence-corrected chi connectivity index (χ0v) is 10.2. The Hall–Kier alpha value is -2.13. The van der Waals surface area contributed by atoms with Crippen molar-refractivity contribution >= 4 is 11.6 Å². The Bertz CT molecular complexity index is 547. The molecule has 1 amide bonds. The number of rotatable bonds is 3. The van der Waals surface area contributed by atoms with Gasteiger partial charge in [0.1, 0.15) is 0 Å². The second-order valence-electron chi connectivity index (χ2n) is 4.18. The predicted octanol–water partition coefficient (Wildman–Crippen LogP) is 2.74. The molecule has 2 aromatic carbocycles. The van der Waals surface area contributed by atoms with Gasteiger partial charge in [0.25, 0.3) is 5.91 Å². The number of hydrogen-bond acceptors (Lipinski definition) is 2. The maximum atomic E-state index is 12.0. The molecular formula is C15H15NO2. The molecule has 18 heavy (non-hydrogen) atoms. The molecule has 0 fully saturated rings. The summed E-state index contributed by atoms with van der Waals surface area (Å²) in [6.07, 6.45) is 0. The highest BCUT2D eigenvalue weighted by atomic mass is 16.3. The molecule has 3 heteroatoms. The van der Waals surface area contributed by atoms with E-state index in [-0.39, 0.29) is 12.5 Å². The molecule has 2 N–H and O–H groups in total. The number of aliphatic hydroxyl groups excluding tert-OH is 1. The van der Waals surface area contributed by atoms with Gasteiger partial charge in [-0.3, -0.25) is 4.79 Å². The number of hydrogen-bond donors (Lipinski definition) is 2. The molecule has 3 nitrogen and oxygen atoms in total. The van der Waals surface area contributed by atoms with Crippen molar-refractivity contribution in [1.29, 1.82) is 0 Å². The van der Waals surface area contributed by atoms with E-state index >= 15 is 0 Å². The summed E-state index contributed by atoms with van der Waals surface area (Å²) in [6.45, 7) is 1.95. The van der Waals surface area contributed by atoms with E-state index in [1.165, 1.54) is 0 Å². The summed E-state index contributed by atoms with van der Waals surface area (Å²) in [7, 11) is 0. The van der Waals surface area contributed by atoms with Crippen molar-refractivity contribution in [2.24, 2.45) is 0 Å². The topological polar surface area (TPSA) is 49.3 Å². The van der Waals surface area contributed by atoms with Crippen molar-refractivity contribution in [3.05, 3.63) is 65.2 Å². The van der Waals surface area contributed by atoms with Crippen LogP contribution in [0.1, 0.15) is 21.5 Å². The van der Waals surface area contributed by atoms with Crippen LogP contribution in [0.25, 0.3) is 0 Å². The molecule has 0 saturated heterocycles. The summed E-state index contributed by atoms with van der Waals surface area (Å²) in [6, 6.07) is 14.6. The first-order valence-electron chi connectivity index (χ1n) is 5.77. The lowest BCUT2D eigenvalue weighted by Gasteiger charge is -2.06. The molecule has 2 aromatic rings. The van der Waals surface area contributed by atoms with E-state index in [1.54, 1.807) is 30.3 Å². The van der Waals surface area contributed by atoms with Crippen molar-refractivity contribution in [2.75, 3.05) is 5.32 Å². The lowest BCUT2D eigenvalue weighted by atomic mass is 10.1. The van der Waals surface area contributed by atoms with Gasteiger partial charge in [-0.1, -0.05) is 29.8 Å². The molecule has 92 valence electrons. The average Bonchev–Trinajstić information content (AvgIpc) is 2.39. The van der Waals surface area contributed by atoms with Crippen LogP contribution in [0.15, 0.2) is 48.5 Å². The molecule has 0 aromatic heterocycles. The Morgan fingerprint density at radius 1 is 1.17 bits per heavy atom. The SMILES string of the molecule is Cc1ccc(C(=O)Nc2cccc(CO)c2)cc1. The normalized spacial score (nSPS) is 10.1. The molecule has 0 heterocycles. The number of benzene rings is 2. The third-order valence-electron chi connectivity index (χ3n) is 2.68. The van der Waals surface area contributed by atoms with Crippen LogP contribution in [-0.2, 0) is 6.61 Å². The maximum absolute atomic E-state index is 12.0. The van der Waals surface area contributed by atoms with Crippen LogP contribution in [-0.4, -0.2) is 11.0 Å². The van der Waals surface area contributed by atoms with Crippen molar-refractivity contribution in [2.45, 2.75) is 13.5 Å². The number of nitrogens with one attached hydrogen (secondary N) is 1. The second-order valence-corrected chi connectivity index (χ2v) is 4.18. The van der Waals surface area contributed by atoms with Crippen molar-refractivity contribution in [3.63, 3.8) is 0 Å². The Morgan fingerprint density at radius 3 is 2.56 bits per heavy atom. The van der Waals surface area contributed by atoms with Gasteiger partial charge in [-0.25, -0.2) is 0 Å². The Balaban J connectivity index is 2.13. The van der Waals surface area contributed by atoms with Crippen LogP contribution in [0.4, 0.5) is 5.69 Å². The van der Waals surface area contributed by atoms with Crippen LogP contribution in [0, 0.1) is 6.92 Å². The van der Waals surface area contributed by atoms with Gasteiger partial charge in [0.15, 0.2) is 0 Å². The maximum Gasteiger partial charge on any atom is 0.255 e. The van der Waals surface area contributed by atoms with E-state index in [1.807, 2.05) is 25.1 Å². The highest BCUT2D eigenvalue weighted by Crippen LogP contribution is 2.12. The molecule has 0 aliphatic carbocycles. The Kier molecular flexibility index (Phi) is 3.75. The van der Waals surface area contributed by atoms with E-state index in [2.05, 4.69) is 5.32 Å². The molecule has 2 rings (SSSR count). The van der Waals surface area contributed by atoms with E-state index < -0.39 is 0 Å². The van der Waals surface area contributed by atoms with Crippen molar-refractivity contribution in [1.82, 2.24) is 0 Å². The zero-order valence-electron chi connectivity index (χ0n) is 10.2. The summed E-state index contributed by atoms with van der Waals surface area (Å²) < 4.78 is 0. The standard InChI is InChI=1S/C15H15NO2/c1-11-5-7-13(8-6-11)15(18)16-14-4-2-3-12(9-14)10-17/h2-9,17H,10H2,1H3,(H,16,18). The number of aliphatic hydroxyl groups is 1. The average molecular weight is 241 g/mol. The van der Waals surface area contributed by atoms with Gasteiger partial charge in [0.2, 0.25) is 0 Å². The van der Waals surface area contributed by atoms with Crippen LogP contribution in [0.2, 0.25) is 0 Å². The van der Waals surface area contributed by atoms with E-state index in [0.29, 0.717) is 11.3 Å². The molecule has 0 spiro atoms. The fourth-order valence-corrected chi connectivity index (χ4v) is 1.66. The largest absolute Gasteiger partial charge is 0.392 e. The lowest BCUT2D eigenvalue weighted by molar-refractivity contribution is 0.102. The zero-order chi connectivity index (χ0) is 13.0. The van der Waals surface area contributed by atoms with E-state index in [9.17, 15) is 4.79 Å². The first-order chi connectivity index (χ1) is 8.69. The highest BCUT2D eigenvalue weighted by Gasteiger charge is 2.05. The number of anilines is 1. The molecule has 0 bridgehead atoms. The summed E-state index contributed by atoms with van der Waals surface area (Å²) in [5, 5.41) is 11.8. The molecule has 0 atom stereocenters. The minimum Gasteiger partial charge on any atom is -0.392 e. The summed E-state index contributed by atoms with van der Waals surface area (Å²) in [5.74, 6) is -0.148. The van der Waals surface area contributed by atoms with Crippen molar-refractivity contribution in [3.8, 4) is 0 Å². The van der Waals surface area contributed by atoms with Crippen LogP contribution in [0.3, 0.4) is 0 Å². The van der Waals surface area contributed by atoms with Crippen LogP contribution in [0.5, 0.6) is 0 Å². The van der Waals surface area contributed by atoms with Gasteiger partial charge < -0.3 is 10.4 Å². The molecule has 0 radical (unpaired) electrons. The number of amides is 1. The first kappa shape index (κ1) is 12.3. The van der Waals surface area contributed by atoms with Gasteiger partial charge in [-0.05, 0) is 36.8 Å². The van der Waals surface area contributed by atoms with E-state index in [4.69, 9.17) is 5.11 Å². The van der Waals surface area contributed by atoms with Crippen molar-refractivity contribution < 1.29 is 9.90 Å². The van der Waals surface area contributed by atoms with Gasteiger partial charge in [0.05, 0.1) is 6.61 Å². The number of carbonyl (C=O) groups is 1. The Morgan fingerprint density at radius 2 is 1.89 bits per heavy atom. The van der Waals surface area contributed by atoms with Crippen LogP contribution < -0.4 is 5.32 Å². The predicted molar refractivity (Wildman–Crippen MR) is 71.5 cm³/mol. The molecule has 0 unspecified atom stereocenters. The number of aryl methyl sites for hydroxylation is 1. The van der Waals surface area contributed by atoms with E-state index in [0.717, 1.165) is 11.1 Å². The fraction of sp³-hybridized carbons (Fsp3) is 0.133. The monoisotopic (exact) mass is 241 g/mol. The lowest BCUT2D eigenvalue weighted by Crippen LogP contribution is -2.11. The third kappa shape index (κ3) is 2.96. The minimum atomic E-state index is -0.148. The van der Waals surface area contributed by atoms with Gasteiger partial charge in [-0.2, -0.15) is 0 Å². The molecule has 0 saturated carbocycles. The molecular weight excluding hydrogens is 226 g/mol.